The summed E-state index contributed by atoms with van der Waals surface area (Å²) < 4.78 is 5.51. The molecule has 0 heterocycles. The SMILES string of the molecule is CCOC(C)(C)C(O)CCC(C)(C)C. The summed E-state index contributed by atoms with van der Waals surface area (Å²) in [5.41, 5.74) is -0.136. The van der Waals surface area contributed by atoms with E-state index in [1.165, 1.54) is 0 Å². The molecule has 0 aromatic carbocycles. The van der Waals surface area contributed by atoms with Crippen molar-refractivity contribution in [1.82, 2.24) is 0 Å². The minimum absolute atomic E-state index is 0.281. The van der Waals surface area contributed by atoms with Crippen LogP contribution in [0.1, 0.15) is 54.4 Å². The lowest BCUT2D eigenvalue weighted by Gasteiger charge is -2.32. The van der Waals surface area contributed by atoms with Gasteiger partial charge in [0.1, 0.15) is 0 Å². The highest BCUT2D eigenvalue weighted by atomic mass is 16.5. The molecule has 2 nitrogen and oxygen atoms in total. The first-order chi connectivity index (χ1) is 6.19. The molecular formula is C12H26O2. The Morgan fingerprint density at radius 1 is 1.14 bits per heavy atom. The second kappa shape index (κ2) is 5.13. The molecule has 0 bridgehead atoms. The van der Waals surface area contributed by atoms with E-state index in [1.54, 1.807) is 0 Å². The molecule has 1 N–H and O–H groups in total. The maximum atomic E-state index is 9.95. The van der Waals surface area contributed by atoms with Crippen LogP contribution in [0, 0.1) is 5.41 Å². The fraction of sp³-hybridized carbons (Fsp3) is 1.00. The van der Waals surface area contributed by atoms with Crippen molar-refractivity contribution in [2.45, 2.75) is 66.1 Å². The van der Waals surface area contributed by atoms with Gasteiger partial charge in [-0.15, -0.1) is 0 Å². The van der Waals surface area contributed by atoms with Gasteiger partial charge in [0.15, 0.2) is 0 Å². The number of hydrogen-bond donors (Lipinski definition) is 1. The van der Waals surface area contributed by atoms with Crippen molar-refractivity contribution in [2.75, 3.05) is 6.61 Å². The summed E-state index contributed by atoms with van der Waals surface area (Å²) in [6, 6.07) is 0. The van der Waals surface area contributed by atoms with Crippen LogP contribution in [0.3, 0.4) is 0 Å². The Morgan fingerprint density at radius 3 is 2.00 bits per heavy atom. The third kappa shape index (κ3) is 5.61. The van der Waals surface area contributed by atoms with Gasteiger partial charge in [0.2, 0.25) is 0 Å². The number of aliphatic hydroxyl groups is 1. The summed E-state index contributed by atoms with van der Waals surface area (Å²) in [4.78, 5) is 0. The normalized spacial score (nSPS) is 15.6. The van der Waals surface area contributed by atoms with Crippen molar-refractivity contribution in [3.05, 3.63) is 0 Å². The van der Waals surface area contributed by atoms with E-state index in [-0.39, 0.29) is 11.5 Å². The minimum atomic E-state index is -0.417. The molecule has 0 aliphatic heterocycles. The zero-order valence-electron chi connectivity index (χ0n) is 10.6. The van der Waals surface area contributed by atoms with Crippen LogP contribution in [0.4, 0.5) is 0 Å². The van der Waals surface area contributed by atoms with Crippen LogP contribution in [0.25, 0.3) is 0 Å². The zero-order valence-corrected chi connectivity index (χ0v) is 10.6. The average Bonchev–Trinajstić information content (AvgIpc) is 1.98. The maximum Gasteiger partial charge on any atom is 0.0884 e. The highest BCUT2D eigenvalue weighted by Crippen LogP contribution is 2.26. The summed E-state index contributed by atoms with van der Waals surface area (Å²) in [5.74, 6) is 0. The molecule has 0 aliphatic rings. The van der Waals surface area contributed by atoms with Crippen molar-refractivity contribution >= 4 is 0 Å². The quantitative estimate of drug-likeness (QED) is 0.742. The zero-order chi connectivity index (χ0) is 11.4. The molecule has 2 heteroatoms. The van der Waals surface area contributed by atoms with Gasteiger partial charge in [-0.25, -0.2) is 0 Å². The summed E-state index contributed by atoms with van der Waals surface area (Å²) in [6.45, 7) is 13.1. The monoisotopic (exact) mass is 202 g/mol. The number of ether oxygens (including phenoxy) is 1. The van der Waals surface area contributed by atoms with Gasteiger partial charge in [-0.2, -0.15) is 0 Å². The second-order valence-electron chi connectivity index (χ2n) is 5.65. The largest absolute Gasteiger partial charge is 0.390 e. The van der Waals surface area contributed by atoms with Crippen LogP contribution < -0.4 is 0 Å². The number of hydrogen-bond acceptors (Lipinski definition) is 2. The lowest BCUT2D eigenvalue weighted by molar-refractivity contribution is -0.101. The molecule has 86 valence electrons. The Morgan fingerprint density at radius 2 is 1.64 bits per heavy atom. The Hall–Kier alpha value is -0.0800. The van der Waals surface area contributed by atoms with Gasteiger partial charge in [-0.3, -0.25) is 0 Å². The van der Waals surface area contributed by atoms with Crippen molar-refractivity contribution in [2.24, 2.45) is 5.41 Å². The van der Waals surface area contributed by atoms with E-state index in [9.17, 15) is 5.11 Å². The van der Waals surface area contributed by atoms with Crippen LogP contribution in [-0.4, -0.2) is 23.4 Å². The molecule has 0 saturated heterocycles. The van der Waals surface area contributed by atoms with Gasteiger partial charge in [0.05, 0.1) is 11.7 Å². The predicted molar refractivity (Wildman–Crippen MR) is 60.4 cm³/mol. The fourth-order valence-corrected chi connectivity index (χ4v) is 1.39. The van der Waals surface area contributed by atoms with E-state index >= 15 is 0 Å². The first kappa shape index (κ1) is 13.9. The van der Waals surface area contributed by atoms with E-state index in [4.69, 9.17) is 4.74 Å². The highest BCUT2D eigenvalue weighted by Gasteiger charge is 2.28. The molecule has 0 rings (SSSR count). The van der Waals surface area contributed by atoms with Crippen molar-refractivity contribution < 1.29 is 9.84 Å². The van der Waals surface area contributed by atoms with E-state index in [0.29, 0.717) is 6.61 Å². The molecule has 0 fully saturated rings. The molecule has 0 saturated carbocycles. The van der Waals surface area contributed by atoms with E-state index in [0.717, 1.165) is 12.8 Å². The maximum absolute atomic E-state index is 9.95. The smallest absolute Gasteiger partial charge is 0.0884 e. The van der Waals surface area contributed by atoms with Gasteiger partial charge in [0.25, 0.3) is 0 Å². The molecule has 14 heavy (non-hydrogen) atoms. The number of rotatable bonds is 5. The summed E-state index contributed by atoms with van der Waals surface area (Å²) >= 11 is 0. The van der Waals surface area contributed by atoms with Gasteiger partial charge >= 0.3 is 0 Å². The summed E-state index contributed by atoms with van der Waals surface area (Å²) in [6.07, 6.45) is 1.45. The summed E-state index contributed by atoms with van der Waals surface area (Å²) in [5, 5.41) is 9.95. The number of aliphatic hydroxyl groups excluding tert-OH is 1. The molecule has 0 aromatic heterocycles. The van der Waals surface area contributed by atoms with Crippen molar-refractivity contribution in [3.63, 3.8) is 0 Å². The fourth-order valence-electron chi connectivity index (χ4n) is 1.39. The molecule has 1 unspecified atom stereocenters. The predicted octanol–water partition coefficient (Wildman–Crippen LogP) is 2.99. The second-order valence-corrected chi connectivity index (χ2v) is 5.65. The van der Waals surface area contributed by atoms with Crippen molar-refractivity contribution in [3.8, 4) is 0 Å². The third-order valence-electron chi connectivity index (χ3n) is 2.49. The lowest BCUT2D eigenvalue weighted by Crippen LogP contribution is -2.39. The highest BCUT2D eigenvalue weighted by molar-refractivity contribution is 4.80. The Bertz CT molecular complexity index is 156. The Kier molecular flexibility index (Phi) is 5.10. The molecule has 0 radical (unpaired) electrons. The molecule has 0 aromatic rings. The van der Waals surface area contributed by atoms with E-state index in [2.05, 4.69) is 20.8 Å². The van der Waals surface area contributed by atoms with Crippen LogP contribution in [0.2, 0.25) is 0 Å². The van der Waals surface area contributed by atoms with Gasteiger partial charge in [0, 0.05) is 6.61 Å². The van der Waals surface area contributed by atoms with Crippen molar-refractivity contribution in [1.29, 1.82) is 0 Å². The van der Waals surface area contributed by atoms with Crippen LogP contribution in [0.5, 0.6) is 0 Å². The van der Waals surface area contributed by atoms with Gasteiger partial charge < -0.3 is 9.84 Å². The topological polar surface area (TPSA) is 29.5 Å². The van der Waals surface area contributed by atoms with E-state index < -0.39 is 5.60 Å². The first-order valence-electron chi connectivity index (χ1n) is 5.51. The third-order valence-corrected chi connectivity index (χ3v) is 2.49. The minimum Gasteiger partial charge on any atom is -0.390 e. The van der Waals surface area contributed by atoms with E-state index in [1.807, 2.05) is 20.8 Å². The van der Waals surface area contributed by atoms with Crippen LogP contribution in [0.15, 0.2) is 0 Å². The summed E-state index contributed by atoms with van der Waals surface area (Å²) in [7, 11) is 0. The molecule has 0 aliphatic carbocycles. The Labute approximate surface area is 88.7 Å². The molecule has 0 amide bonds. The van der Waals surface area contributed by atoms with Crippen LogP contribution >= 0.6 is 0 Å². The molecular weight excluding hydrogens is 176 g/mol. The molecule has 0 spiro atoms. The van der Waals surface area contributed by atoms with Gasteiger partial charge in [-0.1, -0.05) is 20.8 Å². The first-order valence-corrected chi connectivity index (χ1v) is 5.51. The Balaban J connectivity index is 4.00. The van der Waals surface area contributed by atoms with Crippen LogP contribution in [-0.2, 0) is 4.74 Å². The lowest BCUT2D eigenvalue weighted by atomic mass is 9.86. The average molecular weight is 202 g/mol. The molecule has 1 atom stereocenters. The standard InChI is InChI=1S/C12H26O2/c1-7-14-12(5,6)10(13)8-9-11(2,3)4/h10,13H,7-9H2,1-6H3. The van der Waals surface area contributed by atoms with Gasteiger partial charge in [-0.05, 0) is 39.0 Å².